The van der Waals surface area contributed by atoms with Crippen LogP contribution in [0.5, 0.6) is 5.75 Å². The van der Waals surface area contributed by atoms with E-state index in [1.165, 1.54) is 18.2 Å². The summed E-state index contributed by atoms with van der Waals surface area (Å²) in [6, 6.07) is 12.3. The number of ether oxygens (including phenoxy) is 1. The third-order valence-electron chi connectivity index (χ3n) is 2.73. The van der Waals surface area contributed by atoms with Crippen molar-refractivity contribution in [3.8, 4) is 5.75 Å². The largest absolute Gasteiger partial charge is 0.493 e. The highest BCUT2D eigenvalue weighted by molar-refractivity contribution is 6.30. The second kappa shape index (κ2) is 6.18. The Morgan fingerprint density at radius 1 is 1.00 bits per heavy atom. The average Bonchev–Trinajstić information content (AvgIpc) is 2.38. The third kappa shape index (κ3) is 3.90. The summed E-state index contributed by atoms with van der Waals surface area (Å²) in [6.07, 6.45) is -3.92. The van der Waals surface area contributed by atoms with Gasteiger partial charge in [-0.1, -0.05) is 35.9 Å². The van der Waals surface area contributed by atoms with Crippen LogP contribution in [0.25, 0.3) is 0 Å². The van der Waals surface area contributed by atoms with E-state index >= 15 is 0 Å². The van der Waals surface area contributed by atoms with Crippen LogP contribution in [0.1, 0.15) is 11.1 Å². The van der Waals surface area contributed by atoms with E-state index in [9.17, 15) is 13.2 Å². The Morgan fingerprint density at radius 2 is 1.75 bits per heavy atom. The molecule has 2 aromatic rings. The molecule has 0 aliphatic rings. The topological polar surface area (TPSA) is 9.23 Å². The SMILES string of the molecule is FC(F)(F)c1ccccc1OCCc1cccc(Cl)c1. The van der Waals surface area contributed by atoms with Crippen LogP contribution in [0, 0.1) is 0 Å². The summed E-state index contributed by atoms with van der Waals surface area (Å²) in [4.78, 5) is 0. The second-order valence-corrected chi connectivity index (χ2v) is 4.66. The summed E-state index contributed by atoms with van der Waals surface area (Å²) in [5, 5.41) is 0.596. The van der Waals surface area contributed by atoms with Crippen molar-refractivity contribution in [3.05, 3.63) is 64.7 Å². The van der Waals surface area contributed by atoms with Crippen molar-refractivity contribution in [2.45, 2.75) is 12.6 Å². The lowest BCUT2D eigenvalue weighted by atomic mass is 10.1. The Hall–Kier alpha value is -1.68. The molecule has 0 aliphatic heterocycles. The van der Waals surface area contributed by atoms with Crippen molar-refractivity contribution >= 4 is 11.6 Å². The van der Waals surface area contributed by atoms with Gasteiger partial charge in [0, 0.05) is 11.4 Å². The lowest BCUT2D eigenvalue weighted by Gasteiger charge is -2.13. The maximum Gasteiger partial charge on any atom is 0.419 e. The normalized spacial score (nSPS) is 11.4. The minimum absolute atomic E-state index is 0.151. The van der Waals surface area contributed by atoms with Gasteiger partial charge < -0.3 is 4.74 Å². The molecule has 5 heteroatoms. The molecule has 0 radical (unpaired) electrons. The van der Waals surface area contributed by atoms with Gasteiger partial charge in [-0.3, -0.25) is 0 Å². The van der Waals surface area contributed by atoms with Crippen molar-refractivity contribution < 1.29 is 17.9 Å². The molecule has 0 saturated heterocycles. The highest BCUT2D eigenvalue weighted by Crippen LogP contribution is 2.35. The highest BCUT2D eigenvalue weighted by Gasteiger charge is 2.33. The number of benzene rings is 2. The van der Waals surface area contributed by atoms with Crippen LogP contribution in [0.4, 0.5) is 13.2 Å². The smallest absolute Gasteiger partial charge is 0.419 e. The van der Waals surface area contributed by atoms with Gasteiger partial charge in [0.05, 0.1) is 12.2 Å². The van der Waals surface area contributed by atoms with Crippen LogP contribution < -0.4 is 4.74 Å². The minimum Gasteiger partial charge on any atom is -0.493 e. The first-order valence-corrected chi connectivity index (χ1v) is 6.38. The van der Waals surface area contributed by atoms with Gasteiger partial charge in [-0.15, -0.1) is 0 Å². The zero-order valence-electron chi connectivity index (χ0n) is 10.5. The molecule has 2 aromatic carbocycles. The van der Waals surface area contributed by atoms with Crippen LogP contribution in [-0.4, -0.2) is 6.61 Å². The molecule has 0 aliphatic carbocycles. The van der Waals surface area contributed by atoms with Crippen LogP contribution in [0.15, 0.2) is 48.5 Å². The molecule has 0 atom stereocenters. The molecule has 0 N–H and O–H groups in total. The molecule has 0 aromatic heterocycles. The van der Waals surface area contributed by atoms with Crippen molar-refractivity contribution in [1.29, 1.82) is 0 Å². The number of hydrogen-bond acceptors (Lipinski definition) is 1. The predicted molar refractivity (Wildman–Crippen MR) is 72.1 cm³/mol. The molecule has 20 heavy (non-hydrogen) atoms. The second-order valence-electron chi connectivity index (χ2n) is 4.22. The summed E-state index contributed by atoms with van der Waals surface area (Å²) >= 11 is 5.84. The van der Waals surface area contributed by atoms with Crippen molar-refractivity contribution in [2.75, 3.05) is 6.61 Å². The predicted octanol–water partition coefficient (Wildman–Crippen LogP) is 4.98. The number of rotatable bonds is 4. The molecule has 0 amide bonds. The molecule has 0 heterocycles. The van der Waals surface area contributed by atoms with Gasteiger partial charge in [-0.05, 0) is 29.8 Å². The summed E-state index contributed by atoms with van der Waals surface area (Å²) in [6.45, 7) is 0.160. The molecule has 2 rings (SSSR count). The van der Waals surface area contributed by atoms with Crippen LogP contribution in [-0.2, 0) is 12.6 Å². The first kappa shape index (κ1) is 14.7. The average molecular weight is 301 g/mol. The van der Waals surface area contributed by atoms with Crippen LogP contribution >= 0.6 is 11.6 Å². The van der Waals surface area contributed by atoms with E-state index in [-0.39, 0.29) is 12.4 Å². The maximum absolute atomic E-state index is 12.8. The molecule has 0 bridgehead atoms. The molecule has 106 valence electrons. The molecule has 0 unspecified atom stereocenters. The van der Waals surface area contributed by atoms with E-state index in [2.05, 4.69) is 0 Å². The Bertz CT molecular complexity index is 581. The van der Waals surface area contributed by atoms with Crippen LogP contribution in [0.3, 0.4) is 0 Å². The van der Waals surface area contributed by atoms with Gasteiger partial charge in [0.1, 0.15) is 5.75 Å². The number of alkyl halides is 3. The zero-order chi connectivity index (χ0) is 14.6. The quantitative estimate of drug-likeness (QED) is 0.773. The Balaban J connectivity index is 2.01. The van der Waals surface area contributed by atoms with E-state index in [1.807, 2.05) is 6.07 Å². The van der Waals surface area contributed by atoms with E-state index in [0.717, 1.165) is 11.6 Å². The fourth-order valence-corrected chi connectivity index (χ4v) is 2.01. The fourth-order valence-electron chi connectivity index (χ4n) is 1.80. The van der Waals surface area contributed by atoms with Gasteiger partial charge in [-0.25, -0.2) is 0 Å². The van der Waals surface area contributed by atoms with E-state index in [0.29, 0.717) is 11.4 Å². The summed E-state index contributed by atoms with van der Waals surface area (Å²) in [5.74, 6) is -0.151. The Morgan fingerprint density at radius 3 is 2.45 bits per heavy atom. The number of hydrogen-bond donors (Lipinski definition) is 0. The number of para-hydroxylation sites is 1. The van der Waals surface area contributed by atoms with Gasteiger partial charge in [-0.2, -0.15) is 13.2 Å². The molecule has 0 fully saturated rings. The minimum atomic E-state index is -4.41. The lowest BCUT2D eigenvalue weighted by molar-refractivity contribution is -0.138. The zero-order valence-corrected chi connectivity index (χ0v) is 11.2. The monoisotopic (exact) mass is 300 g/mol. The van der Waals surface area contributed by atoms with E-state index in [4.69, 9.17) is 16.3 Å². The molecule has 1 nitrogen and oxygen atoms in total. The first-order chi connectivity index (χ1) is 9.47. The number of halogens is 4. The maximum atomic E-state index is 12.8. The van der Waals surface area contributed by atoms with Crippen molar-refractivity contribution in [2.24, 2.45) is 0 Å². The third-order valence-corrected chi connectivity index (χ3v) is 2.96. The molecule has 0 spiro atoms. The first-order valence-electron chi connectivity index (χ1n) is 6.00. The van der Waals surface area contributed by atoms with E-state index in [1.54, 1.807) is 18.2 Å². The van der Waals surface area contributed by atoms with Gasteiger partial charge >= 0.3 is 6.18 Å². The summed E-state index contributed by atoms with van der Waals surface area (Å²) in [7, 11) is 0. The fraction of sp³-hybridized carbons (Fsp3) is 0.200. The van der Waals surface area contributed by atoms with Gasteiger partial charge in [0.2, 0.25) is 0 Å². The molecular formula is C15H12ClF3O. The Kier molecular flexibility index (Phi) is 4.55. The highest BCUT2D eigenvalue weighted by atomic mass is 35.5. The summed E-state index contributed by atoms with van der Waals surface area (Å²) < 4.78 is 43.5. The summed E-state index contributed by atoms with van der Waals surface area (Å²) in [5.41, 5.74) is 0.160. The molecular weight excluding hydrogens is 289 g/mol. The van der Waals surface area contributed by atoms with E-state index < -0.39 is 11.7 Å². The Labute approximate surface area is 119 Å². The van der Waals surface area contributed by atoms with Crippen molar-refractivity contribution in [3.63, 3.8) is 0 Å². The van der Waals surface area contributed by atoms with Gasteiger partial charge in [0.25, 0.3) is 0 Å². The van der Waals surface area contributed by atoms with Gasteiger partial charge in [0.15, 0.2) is 0 Å². The molecule has 0 saturated carbocycles. The van der Waals surface area contributed by atoms with Crippen molar-refractivity contribution in [1.82, 2.24) is 0 Å². The van der Waals surface area contributed by atoms with Crippen LogP contribution in [0.2, 0.25) is 5.02 Å². The standard InChI is InChI=1S/C15H12ClF3O/c16-12-5-3-4-11(10-12)8-9-20-14-7-2-1-6-13(14)15(17,18)19/h1-7,10H,8-9H2. The lowest BCUT2D eigenvalue weighted by Crippen LogP contribution is -2.10.